The number of nitrogens with one attached hydrogen (secondary N) is 1. The third-order valence-electron chi connectivity index (χ3n) is 4.42. The van der Waals surface area contributed by atoms with Gasteiger partial charge in [-0.1, -0.05) is 13.0 Å². The van der Waals surface area contributed by atoms with E-state index in [1.807, 2.05) is 53.7 Å². The second-order valence-electron chi connectivity index (χ2n) is 7.36. The van der Waals surface area contributed by atoms with Gasteiger partial charge in [0.25, 0.3) is 0 Å². The molecule has 0 aromatic heterocycles. The zero-order valence-corrected chi connectivity index (χ0v) is 15.0. The summed E-state index contributed by atoms with van der Waals surface area (Å²) < 4.78 is 5.30. The Labute approximate surface area is 138 Å². The van der Waals surface area contributed by atoms with Crippen molar-refractivity contribution in [2.45, 2.75) is 59.0 Å². The predicted octanol–water partition coefficient (Wildman–Crippen LogP) is 3.99. The number of carbonyl (C=O) groups excluding carboxylic acids is 2. The molecule has 0 saturated heterocycles. The number of likely N-dealkylation sites (N-methyl/N-ethyl adjacent to an activating group) is 1. The van der Waals surface area contributed by atoms with Crippen LogP contribution in [0.2, 0.25) is 0 Å². The highest BCUT2D eigenvalue weighted by atomic mass is 16.6. The molecule has 1 N–H and O–H groups in total. The van der Waals surface area contributed by atoms with Crippen molar-refractivity contribution in [2.24, 2.45) is 0 Å². The SMILES string of the molecule is CCC1(C)C(=O)N(C)c2cc(NC(=O)OC(C)(C)C)c(C)cc21. The van der Waals surface area contributed by atoms with Gasteiger partial charge < -0.3 is 9.64 Å². The van der Waals surface area contributed by atoms with Crippen LogP contribution in [0.3, 0.4) is 0 Å². The molecule has 2 amide bonds. The Hall–Kier alpha value is -2.04. The zero-order valence-electron chi connectivity index (χ0n) is 15.0. The fraction of sp³-hybridized carbons (Fsp3) is 0.556. The molecule has 1 aromatic rings. The lowest BCUT2D eigenvalue weighted by molar-refractivity contribution is -0.122. The maximum Gasteiger partial charge on any atom is 0.412 e. The van der Waals surface area contributed by atoms with E-state index in [4.69, 9.17) is 4.74 Å². The van der Waals surface area contributed by atoms with E-state index in [1.165, 1.54) is 0 Å². The van der Waals surface area contributed by atoms with Crippen LogP contribution in [0.15, 0.2) is 12.1 Å². The van der Waals surface area contributed by atoms with E-state index < -0.39 is 17.1 Å². The Morgan fingerprint density at radius 1 is 1.35 bits per heavy atom. The number of aryl methyl sites for hydroxylation is 1. The lowest BCUT2D eigenvalue weighted by Gasteiger charge is -2.22. The van der Waals surface area contributed by atoms with Crippen molar-refractivity contribution in [3.05, 3.63) is 23.3 Å². The summed E-state index contributed by atoms with van der Waals surface area (Å²) in [5, 5.41) is 2.78. The van der Waals surface area contributed by atoms with Gasteiger partial charge in [-0.3, -0.25) is 10.1 Å². The summed E-state index contributed by atoms with van der Waals surface area (Å²) in [6.07, 6.45) is 0.243. The van der Waals surface area contributed by atoms with Gasteiger partial charge in [-0.25, -0.2) is 4.79 Å². The lowest BCUT2D eigenvalue weighted by atomic mass is 9.80. The van der Waals surface area contributed by atoms with Crippen LogP contribution in [-0.2, 0) is 14.9 Å². The molecule has 1 aliphatic heterocycles. The van der Waals surface area contributed by atoms with Gasteiger partial charge >= 0.3 is 6.09 Å². The van der Waals surface area contributed by atoms with Crippen molar-refractivity contribution in [1.29, 1.82) is 0 Å². The summed E-state index contributed by atoms with van der Waals surface area (Å²) in [6, 6.07) is 3.85. The van der Waals surface area contributed by atoms with Crippen molar-refractivity contribution in [3.8, 4) is 0 Å². The van der Waals surface area contributed by atoms with Crippen LogP contribution in [0.5, 0.6) is 0 Å². The summed E-state index contributed by atoms with van der Waals surface area (Å²) in [5.74, 6) is 0.0869. The van der Waals surface area contributed by atoms with E-state index in [0.717, 1.165) is 23.2 Å². The number of hydrogen-bond donors (Lipinski definition) is 1. The molecule has 126 valence electrons. The minimum Gasteiger partial charge on any atom is -0.444 e. The van der Waals surface area contributed by atoms with Crippen LogP contribution in [0.25, 0.3) is 0 Å². The predicted molar refractivity (Wildman–Crippen MR) is 92.1 cm³/mol. The van der Waals surface area contributed by atoms with E-state index in [1.54, 1.807) is 11.9 Å². The Morgan fingerprint density at radius 3 is 2.48 bits per heavy atom. The average molecular weight is 318 g/mol. The summed E-state index contributed by atoms with van der Waals surface area (Å²) in [5.41, 5.74) is 2.38. The second-order valence-corrected chi connectivity index (χ2v) is 7.36. The highest BCUT2D eigenvalue weighted by Gasteiger charge is 2.44. The van der Waals surface area contributed by atoms with E-state index in [2.05, 4.69) is 5.32 Å². The lowest BCUT2D eigenvalue weighted by Crippen LogP contribution is -2.35. The summed E-state index contributed by atoms with van der Waals surface area (Å²) in [7, 11) is 1.77. The van der Waals surface area contributed by atoms with Crippen molar-refractivity contribution >= 4 is 23.4 Å². The molecule has 0 bridgehead atoms. The van der Waals surface area contributed by atoms with Crippen molar-refractivity contribution < 1.29 is 14.3 Å². The Kier molecular flexibility index (Phi) is 4.18. The first-order valence-electron chi connectivity index (χ1n) is 7.93. The molecule has 1 aliphatic rings. The molecule has 5 nitrogen and oxygen atoms in total. The van der Waals surface area contributed by atoms with Gasteiger partial charge in [0.15, 0.2) is 0 Å². The number of anilines is 2. The molecule has 2 rings (SSSR count). The molecule has 1 atom stereocenters. The highest BCUT2D eigenvalue weighted by molar-refractivity contribution is 6.08. The van der Waals surface area contributed by atoms with Crippen LogP contribution < -0.4 is 10.2 Å². The summed E-state index contributed by atoms with van der Waals surface area (Å²) in [6.45, 7) is 11.4. The van der Waals surface area contributed by atoms with Crippen molar-refractivity contribution in [1.82, 2.24) is 0 Å². The Morgan fingerprint density at radius 2 is 1.96 bits per heavy atom. The third kappa shape index (κ3) is 3.05. The number of carbonyl (C=O) groups is 2. The average Bonchev–Trinajstić information content (AvgIpc) is 2.60. The normalized spacial score (nSPS) is 20.5. The van der Waals surface area contributed by atoms with Gasteiger partial charge in [0.2, 0.25) is 5.91 Å². The second kappa shape index (κ2) is 5.55. The van der Waals surface area contributed by atoms with Crippen LogP contribution in [-0.4, -0.2) is 24.6 Å². The number of amides is 2. The van der Waals surface area contributed by atoms with Crippen LogP contribution in [0, 0.1) is 6.92 Å². The maximum absolute atomic E-state index is 12.6. The summed E-state index contributed by atoms with van der Waals surface area (Å²) >= 11 is 0. The van der Waals surface area contributed by atoms with Crippen molar-refractivity contribution in [3.63, 3.8) is 0 Å². The molecule has 1 aromatic carbocycles. The van der Waals surface area contributed by atoms with E-state index in [0.29, 0.717) is 5.69 Å². The molecule has 0 aliphatic carbocycles. The first-order valence-corrected chi connectivity index (χ1v) is 7.93. The first-order chi connectivity index (χ1) is 10.5. The molecule has 23 heavy (non-hydrogen) atoms. The third-order valence-corrected chi connectivity index (χ3v) is 4.42. The monoisotopic (exact) mass is 318 g/mol. The maximum atomic E-state index is 12.6. The number of hydrogen-bond acceptors (Lipinski definition) is 3. The molecule has 0 radical (unpaired) electrons. The molecular weight excluding hydrogens is 292 g/mol. The van der Waals surface area contributed by atoms with Crippen LogP contribution in [0.4, 0.5) is 16.2 Å². The quantitative estimate of drug-likeness (QED) is 0.897. The minimum atomic E-state index is -0.553. The van der Waals surface area contributed by atoms with Gasteiger partial charge in [0.1, 0.15) is 5.60 Å². The van der Waals surface area contributed by atoms with E-state index >= 15 is 0 Å². The van der Waals surface area contributed by atoms with Gasteiger partial charge in [0, 0.05) is 18.4 Å². The molecule has 1 unspecified atom stereocenters. The molecule has 0 spiro atoms. The fourth-order valence-electron chi connectivity index (χ4n) is 2.90. The minimum absolute atomic E-state index is 0.0869. The highest BCUT2D eigenvalue weighted by Crippen LogP contribution is 2.45. The topological polar surface area (TPSA) is 58.6 Å². The molecule has 1 heterocycles. The zero-order chi connectivity index (χ0) is 17.6. The van der Waals surface area contributed by atoms with Gasteiger partial charge in [-0.2, -0.15) is 0 Å². The molecular formula is C18H26N2O3. The fourth-order valence-corrected chi connectivity index (χ4v) is 2.90. The van der Waals surface area contributed by atoms with E-state index in [9.17, 15) is 9.59 Å². The number of fused-ring (bicyclic) bond motifs is 1. The largest absolute Gasteiger partial charge is 0.444 e. The molecule has 5 heteroatoms. The van der Waals surface area contributed by atoms with Gasteiger partial charge in [0.05, 0.1) is 5.41 Å². The standard InChI is InChI=1S/C18H26N2O3/c1-8-18(6)12-9-11(2)13(10-14(12)20(7)15(18)21)19-16(22)23-17(3,4)5/h9-10H,8H2,1-7H3,(H,19,22). The van der Waals surface area contributed by atoms with E-state index in [-0.39, 0.29) is 5.91 Å². The van der Waals surface area contributed by atoms with Gasteiger partial charge in [-0.05, 0) is 58.2 Å². The van der Waals surface area contributed by atoms with Gasteiger partial charge in [-0.15, -0.1) is 0 Å². The first kappa shape index (κ1) is 17.3. The number of ether oxygens (including phenoxy) is 1. The molecule has 0 fully saturated rings. The number of nitrogens with zero attached hydrogens (tertiary/aromatic N) is 1. The number of rotatable bonds is 2. The van der Waals surface area contributed by atoms with Crippen LogP contribution >= 0.6 is 0 Å². The van der Waals surface area contributed by atoms with Crippen molar-refractivity contribution in [2.75, 3.05) is 17.3 Å². The number of benzene rings is 1. The Bertz CT molecular complexity index is 661. The Balaban J connectivity index is 2.38. The van der Waals surface area contributed by atoms with Crippen LogP contribution in [0.1, 0.15) is 52.2 Å². The smallest absolute Gasteiger partial charge is 0.412 e. The molecule has 0 saturated carbocycles. The summed E-state index contributed by atoms with van der Waals surface area (Å²) in [4.78, 5) is 26.2.